The summed E-state index contributed by atoms with van der Waals surface area (Å²) < 4.78 is 0. The molecule has 2 atom stereocenters. The number of aliphatic carboxylic acids is 1. The van der Waals surface area contributed by atoms with Crippen molar-refractivity contribution in [1.82, 2.24) is 4.90 Å². The summed E-state index contributed by atoms with van der Waals surface area (Å²) in [5, 5.41) is 8.74. The Balaban J connectivity index is 1.89. The number of carboxylic acid groups (broad SMARTS) is 1. The molecule has 3 nitrogen and oxygen atoms in total. The molecular weight excluding hydrogens is 214 g/mol. The quantitative estimate of drug-likeness (QED) is 0.754. The molecule has 2 aliphatic rings. The molecule has 0 radical (unpaired) electrons. The van der Waals surface area contributed by atoms with Gasteiger partial charge >= 0.3 is 5.97 Å². The minimum atomic E-state index is -0.709. The first-order chi connectivity index (χ1) is 7.13. The van der Waals surface area contributed by atoms with Crippen LogP contribution in [0.15, 0.2) is 0 Å². The first kappa shape index (κ1) is 11.2. The maximum atomic E-state index is 10.6. The van der Waals surface area contributed by atoms with Crippen LogP contribution in [0.5, 0.6) is 0 Å². The van der Waals surface area contributed by atoms with Gasteiger partial charge in [-0.1, -0.05) is 0 Å². The van der Waals surface area contributed by atoms with Crippen LogP contribution in [0.25, 0.3) is 0 Å². The lowest BCUT2D eigenvalue weighted by molar-refractivity contribution is -0.138. The molecular formula is C11H18ClNO2. The number of carbonyl (C=O) groups is 1. The van der Waals surface area contributed by atoms with Crippen molar-refractivity contribution < 1.29 is 9.90 Å². The number of nitrogens with zero attached hydrogens (tertiary/aromatic N) is 1. The zero-order chi connectivity index (χ0) is 10.9. The van der Waals surface area contributed by atoms with E-state index in [1.807, 2.05) is 0 Å². The molecule has 0 aromatic heterocycles. The highest BCUT2D eigenvalue weighted by atomic mass is 35.5. The third kappa shape index (κ3) is 2.45. The highest BCUT2D eigenvalue weighted by Crippen LogP contribution is 2.48. The Morgan fingerprint density at radius 2 is 2.33 bits per heavy atom. The van der Waals surface area contributed by atoms with Gasteiger partial charge in [-0.15, -0.1) is 11.6 Å². The summed E-state index contributed by atoms with van der Waals surface area (Å²) in [6, 6.07) is 0. The van der Waals surface area contributed by atoms with Crippen molar-refractivity contribution in [2.24, 2.45) is 11.3 Å². The van der Waals surface area contributed by atoms with Crippen molar-refractivity contribution >= 4 is 17.6 Å². The fourth-order valence-corrected chi connectivity index (χ4v) is 3.45. The summed E-state index contributed by atoms with van der Waals surface area (Å²) >= 11 is 5.88. The third-order valence-electron chi connectivity index (χ3n) is 3.90. The van der Waals surface area contributed by atoms with Crippen molar-refractivity contribution in [3.63, 3.8) is 0 Å². The van der Waals surface area contributed by atoms with Crippen LogP contribution in [0.2, 0.25) is 0 Å². The largest absolute Gasteiger partial charge is 0.480 e. The van der Waals surface area contributed by atoms with E-state index in [1.165, 1.54) is 19.3 Å². The van der Waals surface area contributed by atoms with Crippen LogP contribution in [0.3, 0.4) is 0 Å². The standard InChI is InChI=1S/C11H18ClNO2/c12-6-9-1-2-11(5-9)3-4-13(8-11)7-10(14)15/h9H,1-8H2,(H,14,15). The molecule has 4 heteroatoms. The van der Waals surface area contributed by atoms with E-state index in [0.717, 1.165) is 25.4 Å². The predicted molar refractivity (Wildman–Crippen MR) is 59.2 cm³/mol. The van der Waals surface area contributed by atoms with Gasteiger partial charge in [0.15, 0.2) is 0 Å². The predicted octanol–water partition coefficient (Wildman–Crippen LogP) is 1.80. The van der Waals surface area contributed by atoms with E-state index < -0.39 is 5.97 Å². The summed E-state index contributed by atoms with van der Waals surface area (Å²) in [5.41, 5.74) is 0.398. The number of alkyl halides is 1. The van der Waals surface area contributed by atoms with Gasteiger partial charge in [-0.25, -0.2) is 0 Å². The highest BCUT2D eigenvalue weighted by molar-refractivity contribution is 6.18. The van der Waals surface area contributed by atoms with Gasteiger partial charge in [-0.2, -0.15) is 0 Å². The zero-order valence-corrected chi connectivity index (χ0v) is 9.67. The van der Waals surface area contributed by atoms with Gasteiger partial charge in [-0.3, -0.25) is 9.69 Å². The van der Waals surface area contributed by atoms with Crippen LogP contribution in [0.1, 0.15) is 25.7 Å². The monoisotopic (exact) mass is 231 g/mol. The molecule has 1 heterocycles. The lowest BCUT2D eigenvalue weighted by atomic mass is 9.85. The Labute approximate surface area is 95.4 Å². The number of hydrogen-bond donors (Lipinski definition) is 1. The Morgan fingerprint density at radius 3 is 2.93 bits per heavy atom. The molecule has 1 saturated carbocycles. The number of rotatable bonds is 3. The molecule has 0 bridgehead atoms. The molecule has 2 fully saturated rings. The van der Waals surface area contributed by atoms with Crippen molar-refractivity contribution in [2.45, 2.75) is 25.7 Å². The minimum Gasteiger partial charge on any atom is -0.480 e. The van der Waals surface area contributed by atoms with Crippen LogP contribution in [-0.2, 0) is 4.79 Å². The first-order valence-corrected chi connectivity index (χ1v) is 6.17. The van der Waals surface area contributed by atoms with Crippen LogP contribution in [-0.4, -0.2) is 41.5 Å². The van der Waals surface area contributed by atoms with Gasteiger partial charge in [0.2, 0.25) is 0 Å². The van der Waals surface area contributed by atoms with Gasteiger partial charge in [-0.05, 0) is 43.6 Å². The molecule has 1 N–H and O–H groups in total. The van der Waals surface area contributed by atoms with Crippen LogP contribution in [0, 0.1) is 11.3 Å². The van der Waals surface area contributed by atoms with E-state index in [-0.39, 0.29) is 6.54 Å². The van der Waals surface area contributed by atoms with E-state index in [2.05, 4.69) is 4.90 Å². The molecule has 1 spiro atoms. The van der Waals surface area contributed by atoms with Gasteiger partial charge in [0.05, 0.1) is 6.54 Å². The topological polar surface area (TPSA) is 40.5 Å². The third-order valence-corrected chi connectivity index (χ3v) is 4.34. The van der Waals surface area contributed by atoms with Crippen molar-refractivity contribution in [3.8, 4) is 0 Å². The lowest BCUT2D eigenvalue weighted by Gasteiger charge is -2.23. The summed E-state index contributed by atoms with van der Waals surface area (Å²) in [7, 11) is 0. The van der Waals surface area contributed by atoms with E-state index >= 15 is 0 Å². The van der Waals surface area contributed by atoms with Crippen molar-refractivity contribution in [2.75, 3.05) is 25.5 Å². The Hall–Kier alpha value is -0.280. The molecule has 2 unspecified atom stereocenters. The van der Waals surface area contributed by atoms with E-state index in [0.29, 0.717) is 11.3 Å². The number of likely N-dealkylation sites (tertiary alicyclic amines) is 1. The van der Waals surface area contributed by atoms with Gasteiger partial charge in [0.1, 0.15) is 0 Å². The average molecular weight is 232 g/mol. The summed E-state index contributed by atoms with van der Waals surface area (Å²) in [6.07, 6.45) is 4.82. The Kier molecular flexibility index (Phi) is 3.21. The average Bonchev–Trinajstić information content (AvgIpc) is 2.74. The molecule has 1 aliphatic heterocycles. The maximum Gasteiger partial charge on any atom is 0.317 e. The van der Waals surface area contributed by atoms with Crippen LogP contribution >= 0.6 is 11.6 Å². The summed E-state index contributed by atoms with van der Waals surface area (Å²) in [5.74, 6) is 0.719. The normalized spacial score (nSPS) is 36.5. The molecule has 0 aromatic carbocycles. The molecule has 0 amide bonds. The number of hydrogen-bond acceptors (Lipinski definition) is 2. The van der Waals surface area contributed by atoms with Crippen molar-refractivity contribution in [3.05, 3.63) is 0 Å². The highest BCUT2D eigenvalue weighted by Gasteiger charge is 2.43. The Bertz CT molecular complexity index is 259. The van der Waals surface area contributed by atoms with E-state index in [4.69, 9.17) is 16.7 Å². The second kappa shape index (κ2) is 4.30. The maximum absolute atomic E-state index is 10.6. The number of carboxylic acids is 1. The second-order valence-corrected chi connectivity index (χ2v) is 5.43. The van der Waals surface area contributed by atoms with E-state index in [1.54, 1.807) is 0 Å². The summed E-state index contributed by atoms with van der Waals surface area (Å²) in [4.78, 5) is 12.7. The van der Waals surface area contributed by atoms with Gasteiger partial charge in [0.25, 0.3) is 0 Å². The van der Waals surface area contributed by atoms with Crippen LogP contribution < -0.4 is 0 Å². The summed E-state index contributed by atoms with van der Waals surface area (Å²) in [6.45, 7) is 2.11. The molecule has 86 valence electrons. The van der Waals surface area contributed by atoms with Crippen LogP contribution in [0.4, 0.5) is 0 Å². The molecule has 2 rings (SSSR count). The SMILES string of the molecule is O=C(O)CN1CCC2(CCC(CCl)C2)C1. The zero-order valence-electron chi connectivity index (χ0n) is 8.91. The molecule has 1 aliphatic carbocycles. The second-order valence-electron chi connectivity index (χ2n) is 5.12. The minimum absolute atomic E-state index is 0.202. The van der Waals surface area contributed by atoms with Gasteiger partial charge in [0, 0.05) is 12.4 Å². The Morgan fingerprint density at radius 1 is 1.53 bits per heavy atom. The molecule has 0 aromatic rings. The fraction of sp³-hybridized carbons (Fsp3) is 0.909. The van der Waals surface area contributed by atoms with Gasteiger partial charge < -0.3 is 5.11 Å². The molecule has 15 heavy (non-hydrogen) atoms. The lowest BCUT2D eigenvalue weighted by Crippen LogP contribution is -2.30. The number of halogens is 1. The first-order valence-electron chi connectivity index (χ1n) is 5.64. The van der Waals surface area contributed by atoms with E-state index in [9.17, 15) is 4.79 Å². The smallest absolute Gasteiger partial charge is 0.317 e. The fourth-order valence-electron chi connectivity index (χ4n) is 3.18. The van der Waals surface area contributed by atoms with Crippen molar-refractivity contribution in [1.29, 1.82) is 0 Å². The molecule has 1 saturated heterocycles.